The Labute approximate surface area is 164 Å². The fraction of sp³-hybridized carbons (Fsp3) is 0.250. The normalized spacial score (nSPS) is 23.3. The molecule has 5 rings (SSSR count). The third-order valence-corrected chi connectivity index (χ3v) is 8.80. The smallest absolute Gasteiger partial charge is 0.0329 e. The number of hydrogen-bond donors (Lipinski definition) is 0. The van der Waals surface area contributed by atoms with E-state index in [2.05, 4.69) is 82.3 Å². The van der Waals surface area contributed by atoms with Crippen LogP contribution in [0.5, 0.6) is 0 Å². The molecule has 2 unspecified atom stereocenters. The Bertz CT molecular complexity index is 1020. The first kappa shape index (κ1) is 17.6. The van der Waals surface area contributed by atoms with E-state index < -0.39 is 0 Å². The van der Waals surface area contributed by atoms with Gasteiger partial charge in [0.25, 0.3) is 0 Å². The van der Waals surface area contributed by atoms with Crippen LogP contribution >= 0.6 is 11.8 Å². The van der Waals surface area contributed by atoms with E-state index in [0.717, 1.165) is 5.54 Å². The fourth-order valence-corrected chi connectivity index (χ4v) is 6.11. The number of benzene rings is 2. The van der Waals surface area contributed by atoms with Crippen molar-refractivity contribution in [3.05, 3.63) is 86.2 Å². The Morgan fingerprint density at radius 2 is 1.65 bits per heavy atom. The summed E-state index contributed by atoms with van der Waals surface area (Å²) in [6.07, 6.45) is 6.86. The van der Waals surface area contributed by atoms with Crippen molar-refractivity contribution in [1.29, 1.82) is 0 Å². The molecule has 0 nitrogen and oxygen atoms in total. The van der Waals surface area contributed by atoms with Gasteiger partial charge in [-0.15, -0.1) is 0 Å². The predicted molar refractivity (Wildman–Crippen MR) is 122 cm³/mol. The average molecular weight is 375 g/mol. The van der Waals surface area contributed by atoms with Crippen LogP contribution < -0.4 is 0 Å². The maximum absolute atomic E-state index is 2.37. The summed E-state index contributed by atoms with van der Waals surface area (Å²) in [5.74, 6) is 0.653. The van der Waals surface area contributed by atoms with E-state index in [9.17, 15) is 0 Å². The molecule has 26 heavy (non-hydrogen) atoms. The quantitative estimate of drug-likeness (QED) is 0.498. The lowest BCUT2D eigenvalue weighted by molar-refractivity contribution is 0.903. The van der Waals surface area contributed by atoms with Gasteiger partial charge in [-0.1, -0.05) is 83.1 Å². The van der Waals surface area contributed by atoms with Gasteiger partial charge in [-0.2, -0.15) is 0 Å². The summed E-state index contributed by atoms with van der Waals surface area (Å²) < 4.78 is 0. The topological polar surface area (TPSA) is 0 Å². The van der Waals surface area contributed by atoms with Crippen LogP contribution in [0.25, 0.3) is 16.8 Å². The Kier molecular flexibility index (Phi) is 4.58. The van der Waals surface area contributed by atoms with Crippen molar-refractivity contribution in [2.45, 2.75) is 33.2 Å². The van der Waals surface area contributed by atoms with Gasteiger partial charge in [-0.25, -0.2) is 0 Å². The molecule has 0 bridgehead atoms. The Hall–Kier alpha value is -1.77. The molecule has 2 heteroatoms. The molecule has 1 heterocycles. The van der Waals surface area contributed by atoms with E-state index in [1.54, 1.807) is 5.57 Å². The van der Waals surface area contributed by atoms with Crippen LogP contribution in [-0.4, -0.2) is 10.2 Å². The highest BCUT2D eigenvalue weighted by atomic mass is 32.2. The molecule has 0 saturated carbocycles. The summed E-state index contributed by atoms with van der Waals surface area (Å²) in [6, 6.07) is 13.2. The van der Waals surface area contributed by atoms with Gasteiger partial charge in [0.2, 0.25) is 0 Å². The molecule has 132 valence electrons. The zero-order valence-corrected chi connectivity index (χ0v) is 19.1. The van der Waals surface area contributed by atoms with Crippen LogP contribution in [0.1, 0.15) is 44.4 Å². The highest BCUT2D eigenvalue weighted by Gasteiger charge is 2.29. The van der Waals surface area contributed by atoms with Crippen LogP contribution in [0.15, 0.2) is 75.1 Å². The number of thioether (sulfide) groups is 1. The van der Waals surface area contributed by atoms with Crippen molar-refractivity contribution in [2.75, 3.05) is 0 Å². The van der Waals surface area contributed by atoms with Crippen molar-refractivity contribution >= 4 is 38.9 Å². The van der Waals surface area contributed by atoms with Gasteiger partial charge in [-0.05, 0) is 60.0 Å². The van der Waals surface area contributed by atoms with Crippen LogP contribution in [0.3, 0.4) is 0 Å². The second kappa shape index (κ2) is 6.75. The van der Waals surface area contributed by atoms with Crippen molar-refractivity contribution < 1.29 is 0 Å². The molecule has 0 radical (unpaired) electrons. The molecule has 2 aromatic carbocycles. The maximum atomic E-state index is 2.37. The van der Waals surface area contributed by atoms with E-state index in [4.69, 9.17) is 0 Å². The predicted octanol–water partition coefficient (Wildman–Crippen LogP) is 6.15. The average Bonchev–Trinajstić information content (AvgIpc) is 3.24. The lowest BCUT2D eigenvalue weighted by Crippen LogP contribution is -1.96. The van der Waals surface area contributed by atoms with E-state index in [1.165, 1.54) is 53.1 Å². The number of fused-ring (bicyclic) bond motifs is 4. The highest BCUT2D eigenvalue weighted by molar-refractivity contribution is 8.07. The molecule has 2 atom stereocenters. The summed E-state index contributed by atoms with van der Waals surface area (Å²) in [7, 11) is 1.22. The van der Waals surface area contributed by atoms with Crippen LogP contribution in [0.2, 0.25) is 0 Å². The molecule has 0 N–H and O–H groups in total. The largest absolute Gasteiger partial charge is 0.0983 e. The summed E-state index contributed by atoms with van der Waals surface area (Å²) in [4.78, 5) is 3.02. The third-order valence-electron chi connectivity index (χ3n) is 6.04. The third kappa shape index (κ3) is 2.86. The molecule has 0 amide bonds. The Morgan fingerprint density at radius 3 is 2.42 bits per heavy atom. The standard InChI is InChI=1S/C14H14Si.C10H12S/c1-9-8-13-11-5-3-2-4-10(11)6-7-12(13)14(9)15;1-6-4-5-9-10(6)7(2)8(3)11-9/h2-8,14H,1,15H3;4-5,10H,1-3H3. The van der Waals surface area contributed by atoms with E-state index >= 15 is 0 Å². The van der Waals surface area contributed by atoms with E-state index in [0.29, 0.717) is 5.92 Å². The lowest BCUT2D eigenvalue weighted by Gasteiger charge is -2.08. The van der Waals surface area contributed by atoms with Crippen molar-refractivity contribution in [2.24, 2.45) is 5.92 Å². The fourth-order valence-electron chi connectivity index (χ4n) is 4.19. The minimum atomic E-state index is 0.653. The molecule has 1 aliphatic heterocycles. The van der Waals surface area contributed by atoms with Gasteiger partial charge in [0.1, 0.15) is 0 Å². The molecule has 0 fully saturated rings. The highest BCUT2D eigenvalue weighted by Crippen LogP contribution is 2.50. The SMILES string of the molecule is CC1=CC=C2SC(C)=C(C)C12.CC1=Cc2c(ccc3ccccc23)C1[SiH3]. The second-order valence-electron chi connectivity index (χ2n) is 7.65. The van der Waals surface area contributed by atoms with Crippen molar-refractivity contribution in [1.82, 2.24) is 0 Å². The van der Waals surface area contributed by atoms with Crippen LogP contribution in [-0.2, 0) is 0 Å². The molecule has 2 aromatic rings. The number of rotatable bonds is 0. The summed E-state index contributed by atoms with van der Waals surface area (Å²) >= 11 is 1.94. The van der Waals surface area contributed by atoms with Gasteiger partial charge in [0.05, 0.1) is 0 Å². The van der Waals surface area contributed by atoms with Gasteiger partial charge in [-0.3, -0.25) is 0 Å². The number of allylic oxidation sites excluding steroid dienone is 7. The Balaban J connectivity index is 0.000000136. The van der Waals surface area contributed by atoms with Crippen LogP contribution in [0, 0.1) is 5.92 Å². The minimum absolute atomic E-state index is 0.653. The van der Waals surface area contributed by atoms with Gasteiger partial charge in [0, 0.05) is 21.1 Å². The summed E-state index contributed by atoms with van der Waals surface area (Å²) in [5.41, 5.74) is 8.32. The van der Waals surface area contributed by atoms with Gasteiger partial charge >= 0.3 is 0 Å². The molecule has 0 aromatic heterocycles. The molecule has 0 saturated heterocycles. The zero-order valence-electron chi connectivity index (χ0n) is 16.3. The van der Waals surface area contributed by atoms with Crippen LogP contribution in [0.4, 0.5) is 0 Å². The monoisotopic (exact) mass is 374 g/mol. The van der Waals surface area contributed by atoms with E-state index in [1.807, 2.05) is 11.8 Å². The summed E-state index contributed by atoms with van der Waals surface area (Å²) in [6.45, 7) is 8.94. The lowest BCUT2D eigenvalue weighted by atomic mass is 9.96. The van der Waals surface area contributed by atoms with Gasteiger partial charge < -0.3 is 0 Å². The first-order valence-electron chi connectivity index (χ1n) is 9.41. The number of hydrogen-bond acceptors (Lipinski definition) is 1. The molecular weight excluding hydrogens is 348 g/mol. The molecule has 2 aliphatic carbocycles. The Morgan fingerprint density at radius 1 is 0.885 bits per heavy atom. The van der Waals surface area contributed by atoms with E-state index in [-0.39, 0.29) is 0 Å². The van der Waals surface area contributed by atoms with Crippen molar-refractivity contribution in [3.63, 3.8) is 0 Å². The molecular formula is C24H26SSi. The second-order valence-corrected chi connectivity index (χ2v) is 10.1. The summed E-state index contributed by atoms with van der Waals surface area (Å²) in [5, 5.41) is 2.77. The zero-order chi connectivity index (χ0) is 18.4. The van der Waals surface area contributed by atoms with Gasteiger partial charge in [0.15, 0.2) is 0 Å². The first-order chi connectivity index (χ1) is 12.5. The molecule has 0 spiro atoms. The van der Waals surface area contributed by atoms with Crippen molar-refractivity contribution in [3.8, 4) is 0 Å². The molecule has 3 aliphatic rings. The minimum Gasteiger partial charge on any atom is -0.0983 e. The first-order valence-corrected chi connectivity index (χ1v) is 11.4. The maximum Gasteiger partial charge on any atom is 0.0329 e.